The number of benzene rings is 3. The number of likely N-dealkylation sites (tertiary alicyclic amines) is 1. The van der Waals surface area contributed by atoms with Gasteiger partial charge in [0.25, 0.3) is 5.91 Å². The van der Waals surface area contributed by atoms with Crippen LogP contribution < -0.4 is 25.4 Å². The van der Waals surface area contributed by atoms with Crippen molar-refractivity contribution in [2.75, 3.05) is 19.8 Å². The molecule has 14 nitrogen and oxygen atoms in total. The van der Waals surface area contributed by atoms with E-state index in [1.807, 2.05) is 57.5 Å². The number of halogens is 1. The maximum Gasteiger partial charge on any atom is 0.251 e. The molecule has 1 unspecified atom stereocenters. The molecule has 3 aliphatic rings. The normalized spacial score (nSPS) is 23.1. The number of hydrogen-bond donors (Lipinski definition) is 4. The SMILES string of the molecule is Cc1ncsc1-c1ccc(CNC(=O)[C@@H]2C[C@@H](O)CN2C(=O)C(NC(=O)COC[C@H]2C[C@H](Oc3ccc(C(=O)N[C@H]4C(C)(C)[C@H](Oc5ccc(C#N)c(Cl)c5)C4(C)C)cc3)C2)C(C)(C)C)cc1. The Morgan fingerprint density at radius 3 is 2.25 bits per heavy atom. The highest BCUT2D eigenvalue weighted by molar-refractivity contribution is 7.13. The van der Waals surface area contributed by atoms with Crippen LogP contribution in [0.25, 0.3) is 10.4 Å². The van der Waals surface area contributed by atoms with E-state index >= 15 is 0 Å². The van der Waals surface area contributed by atoms with E-state index in [0.29, 0.717) is 34.3 Å². The van der Waals surface area contributed by atoms with Crippen molar-refractivity contribution < 1.29 is 38.5 Å². The average Bonchev–Trinajstić information content (AvgIpc) is 3.89. The molecule has 0 spiro atoms. The minimum Gasteiger partial charge on any atom is -0.490 e. The average molecular weight is 954 g/mol. The molecule has 4 amide bonds. The van der Waals surface area contributed by atoms with Crippen LogP contribution in [0.4, 0.5) is 0 Å². The van der Waals surface area contributed by atoms with E-state index in [2.05, 4.69) is 54.7 Å². The van der Waals surface area contributed by atoms with Crippen molar-refractivity contribution in [1.29, 1.82) is 5.26 Å². The maximum absolute atomic E-state index is 14.0. The summed E-state index contributed by atoms with van der Waals surface area (Å²) in [5, 5.41) is 29.1. The molecule has 1 saturated heterocycles. The number of nitrogens with one attached hydrogen (secondary N) is 3. The Bertz CT molecular complexity index is 2480. The van der Waals surface area contributed by atoms with Crippen LogP contribution in [0.15, 0.2) is 72.2 Å². The smallest absolute Gasteiger partial charge is 0.251 e. The molecule has 1 aromatic heterocycles. The van der Waals surface area contributed by atoms with E-state index in [4.69, 9.17) is 25.8 Å². The Balaban J connectivity index is 0.825. The van der Waals surface area contributed by atoms with E-state index in [1.54, 1.807) is 53.8 Å². The standard InChI is InChI=1S/C51H61ClN6O8S/c1-29-42(67-28-55-29)32-11-9-30(10-12-32)24-54-45(62)40-21-35(59)25-58(40)46(63)43(49(2,3)4)56-41(60)27-64-26-31-19-38(20-31)65-36-16-13-33(14-17-36)44(61)57-47-50(5,6)48(51(47,7)8)66-37-18-15-34(23-53)39(52)22-37/h9-18,22,28,31,35,38,40,43,47-48,59H,19-21,24-27H2,1-8H3,(H,54,62)(H,56,60)(H,57,61)/t31-,35-,38-,40+,43?,47-,48-/m1/s1. The van der Waals surface area contributed by atoms with E-state index in [1.165, 1.54) is 4.90 Å². The molecular formula is C51H61ClN6O8S. The fourth-order valence-corrected chi connectivity index (χ4v) is 10.9. The molecule has 67 heavy (non-hydrogen) atoms. The number of nitriles is 1. The Kier molecular flexibility index (Phi) is 14.7. The van der Waals surface area contributed by atoms with Gasteiger partial charge in [-0.2, -0.15) is 5.26 Å². The zero-order chi connectivity index (χ0) is 48.4. The third kappa shape index (κ3) is 11.1. The first-order chi connectivity index (χ1) is 31.6. The zero-order valence-electron chi connectivity index (χ0n) is 39.4. The molecule has 1 aliphatic heterocycles. The molecule has 2 aliphatic carbocycles. The summed E-state index contributed by atoms with van der Waals surface area (Å²) < 4.78 is 18.3. The summed E-state index contributed by atoms with van der Waals surface area (Å²) in [5.74, 6) is -0.0506. The summed E-state index contributed by atoms with van der Waals surface area (Å²) in [6, 6.07) is 20.0. The van der Waals surface area contributed by atoms with Gasteiger partial charge in [-0.3, -0.25) is 19.2 Å². The maximum atomic E-state index is 14.0. The summed E-state index contributed by atoms with van der Waals surface area (Å²) in [7, 11) is 0. The van der Waals surface area contributed by atoms with Crippen LogP contribution in [-0.4, -0.2) is 94.8 Å². The Labute approximate surface area is 401 Å². The first kappa shape index (κ1) is 49.4. The van der Waals surface area contributed by atoms with Crippen molar-refractivity contribution >= 4 is 46.6 Å². The number of β-amino-alcohol motifs (C(OH)–C–C–N with tert-alkyl or cyclic N) is 1. The number of rotatable bonds is 16. The van der Waals surface area contributed by atoms with Crippen LogP contribution in [0.5, 0.6) is 11.5 Å². The summed E-state index contributed by atoms with van der Waals surface area (Å²) in [5.41, 5.74) is 4.11. The quantitative estimate of drug-likeness (QED) is 0.0891. The van der Waals surface area contributed by atoms with E-state index in [-0.39, 0.29) is 62.1 Å². The number of amides is 4. The lowest BCUT2D eigenvalue weighted by molar-refractivity contribution is -0.164. The number of aliphatic hydroxyl groups is 1. The molecule has 0 radical (unpaired) electrons. The van der Waals surface area contributed by atoms with Crippen molar-refractivity contribution in [3.05, 3.63) is 99.6 Å². The van der Waals surface area contributed by atoms with Gasteiger partial charge in [0.1, 0.15) is 42.4 Å². The lowest BCUT2D eigenvalue weighted by atomic mass is 9.49. The first-order valence-electron chi connectivity index (χ1n) is 22.7. The number of aliphatic hydroxyl groups excluding tert-OH is 1. The third-order valence-electron chi connectivity index (χ3n) is 13.3. The molecule has 4 aromatic rings. The van der Waals surface area contributed by atoms with E-state index in [0.717, 1.165) is 34.5 Å². The van der Waals surface area contributed by atoms with Gasteiger partial charge in [0, 0.05) is 48.0 Å². The highest BCUT2D eigenvalue weighted by atomic mass is 35.5. The lowest BCUT2D eigenvalue weighted by Gasteiger charge is -2.63. The first-order valence-corrected chi connectivity index (χ1v) is 24.0. The number of ether oxygens (including phenoxy) is 3. The summed E-state index contributed by atoms with van der Waals surface area (Å²) in [6.45, 7) is 16.1. The molecule has 2 saturated carbocycles. The highest BCUT2D eigenvalue weighted by Crippen LogP contribution is 2.55. The summed E-state index contributed by atoms with van der Waals surface area (Å²) in [6.07, 6.45) is 0.429. The molecule has 3 fully saturated rings. The van der Waals surface area contributed by atoms with Crippen molar-refractivity contribution in [2.45, 2.75) is 118 Å². The predicted molar refractivity (Wildman–Crippen MR) is 255 cm³/mol. The van der Waals surface area contributed by atoms with Gasteiger partial charge in [0.15, 0.2) is 0 Å². The summed E-state index contributed by atoms with van der Waals surface area (Å²) >= 11 is 7.81. The number of aryl methyl sites for hydroxylation is 1. The molecule has 7 rings (SSSR count). The van der Waals surface area contributed by atoms with Gasteiger partial charge in [-0.1, -0.05) is 84.3 Å². The van der Waals surface area contributed by atoms with Gasteiger partial charge in [-0.05, 0) is 78.6 Å². The number of carbonyl (C=O) groups excluding carboxylic acids is 4. The summed E-state index contributed by atoms with van der Waals surface area (Å²) in [4.78, 5) is 60.9. The molecule has 0 bridgehead atoms. The predicted octanol–water partition coefficient (Wildman–Crippen LogP) is 7.24. The van der Waals surface area contributed by atoms with E-state index < -0.39 is 46.2 Å². The third-order valence-corrected chi connectivity index (χ3v) is 14.6. The van der Waals surface area contributed by atoms with Crippen molar-refractivity contribution in [1.82, 2.24) is 25.8 Å². The fraction of sp³-hybridized carbons (Fsp3) is 0.490. The molecule has 16 heteroatoms. The van der Waals surface area contributed by atoms with Crippen LogP contribution in [0.3, 0.4) is 0 Å². The molecule has 3 atom stereocenters. The minimum absolute atomic E-state index is 0.0162. The van der Waals surface area contributed by atoms with Crippen molar-refractivity contribution in [2.24, 2.45) is 22.2 Å². The monoisotopic (exact) mass is 952 g/mol. The lowest BCUT2D eigenvalue weighted by Crippen LogP contribution is -2.74. The minimum atomic E-state index is -0.962. The number of aromatic nitrogens is 1. The molecule has 356 valence electrons. The van der Waals surface area contributed by atoms with Gasteiger partial charge < -0.3 is 40.2 Å². The van der Waals surface area contributed by atoms with Crippen LogP contribution in [0.2, 0.25) is 5.02 Å². The Hall–Kier alpha value is -5.53. The van der Waals surface area contributed by atoms with Gasteiger partial charge in [-0.15, -0.1) is 11.3 Å². The molecule has 2 heterocycles. The van der Waals surface area contributed by atoms with Crippen LogP contribution in [0.1, 0.15) is 94.9 Å². The van der Waals surface area contributed by atoms with Crippen LogP contribution in [-0.2, 0) is 25.7 Å². The number of nitrogens with zero attached hydrogens (tertiary/aromatic N) is 3. The van der Waals surface area contributed by atoms with Gasteiger partial charge in [0.05, 0.1) is 45.5 Å². The largest absolute Gasteiger partial charge is 0.490 e. The van der Waals surface area contributed by atoms with Crippen molar-refractivity contribution in [3.8, 4) is 28.0 Å². The molecule has 3 aromatic carbocycles. The highest BCUT2D eigenvalue weighted by Gasteiger charge is 2.64. The van der Waals surface area contributed by atoms with Gasteiger partial charge in [0.2, 0.25) is 17.7 Å². The van der Waals surface area contributed by atoms with Crippen molar-refractivity contribution in [3.63, 3.8) is 0 Å². The Morgan fingerprint density at radius 1 is 0.970 bits per heavy atom. The number of hydrogen-bond acceptors (Lipinski definition) is 11. The second-order valence-corrected chi connectivity index (χ2v) is 21.6. The van der Waals surface area contributed by atoms with Crippen LogP contribution in [0, 0.1) is 40.4 Å². The topological polar surface area (TPSA) is 192 Å². The van der Waals surface area contributed by atoms with Crippen LogP contribution >= 0.6 is 22.9 Å². The number of thiazole rings is 1. The molecular weight excluding hydrogens is 892 g/mol. The van der Waals surface area contributed by atoms with E-state index in [9.17, 15) is 29.5 Å². The van der Waals surface area contributed by atoms with Gasteiger partial charge >= 0.3 is 0 Å². The fourth-order valence-electron chi connectivity index (χ4n) is 9.90. The second-order valence-electron chi connectivity index (χ2n) is 20.4. The number of carbonyl (C=O) groups is 4. The Morgan fingerprint density at radius 2 is 1.64 bits per heavy atom. The van der Waals surface area contributed by atoms with Gasteiger partial charge in [-0.25, -0.2) is 4.98 Å². The second kappa shape index (κ2) is 20.0. The molecule has 4 N–H and O–H groups in total. The zero-order valence-corrected chi connectivity index (χ0v) is 40.9.